The number of pyridine rings is 2. The summed E-state index contributed by atoms with van der Waals surface area (Å²) in [7, 11) is 0. The summed E-state index contributed by atoms with van der Waals surface area (Å²) in [6.45, 7) is 4.15. The fraction of sp³-hybridized carbons (Fsp3) is 0.304. The van der Waals surface area contributed by atoms with Crippen LogP contribution in [0.25, 0.3) is 0 Å². The average molecular weight is 432 g/mol. The topological polar surface area (TPSA) is 75.9 Å². The third-order valence-electron chi connectivity index (χ3n) is 4.45. The molecular formula is C23H28F3N5. The van der Waals surface area contributed by atoms with E-state index in [1.54, 1.807) is 6.20 Å². The van der Waals surface area contributed by atoms with Crippen molar-refractivity contribution in [2.24, 2.45) is 0 Å². The second kappa shape index (κ2) is 12.5. The molecule has 3 rings (SSSR count). The summed E-state index contributed by atoms with van der Waals surface area (Å²) in [4.78, 5) is 7.49. The van der Waals surface area contributed by atoms with Crippen molar-refractivity contribution < 1.29 is 13.2 Å². The molecule has 4 N–H and O–H groups in total. The lowest BCUT2D eigenvalue weighted by molar-refractivity contribution is -0.141. The Morgan fingerprint density at radius 1 is 0.935 bits per heavy atom. The average Bonchev–Trinajstić information content (AvgIpc) is 2.78. The number of nitrogens with two attached hydrogens (primary N) is 1. The molecule has 5 nitrogen and oxygen atoms in total. The number of aromatic nitrogens is 2. The van der Waals surface area contributed by atoms with Gasteiger partial charge in [0.1, 0.15) is 11.5 Å². The summed E-state index contributed by atoms with van der Waals surface area (Å²) in [5.74, 6) is 0.551. The minimum absolute atomic E-state index is 0.0803. The number of nitrogens with one attached hydrogen (secondary N) is 2. The zero-order valence-electron chi connectivity index (χ0n) is 17.4. The quantitative estimate of drug-likeness (QED) is 0.440. The summed E-state index contributed by atoms with van der Waals surface area (Å²) in [6, 6.07) is 18.2. The molecule has 166 valence electrons. The minimum Gasteiger partial charge on any atom is -0.382 e. The van der Waals surface area contributed by atoms with Gasteiger partial charge in [-0.2, -0.15) is 13.2 Å². The highest BCUT2D eigenvalue weighted by Crippen LogP contribution is 2.28. The Hall–Kier alpha value is -3.13. The molecule has 0 saturated carbocycles. The van der Waals surface area contributed by atoms with E-state index in [0.29, 0.717) is 12.4 Å². The number of rotatable bonds is 8. The minimum atomic E-state index is -4.40. The van der Waals surface area contributed by atoms with Gasteiger partial charge in [0.05, 0.1) is 5.69 Å². The highest BCUT2D eigenvalue weighted by Gasteiger charge is 2.32. The zero-order chi connectivity index (χ0) is 22.5. The van der Waals surface area contributed by atoms with Crippen molar-refractivity contribution in [1.82, 2.24) is 15.3 Å². The van der Waals surface area contributed by atoms with Crippen LogP contribution >= 0.6 is 0 Å². The lowest BCUT2D eigenvalue weighted by Crippen LogP contribution is -2.23. The Kier molecular flexibility index (Phi) is 9.77. The van der Waals surface area contributed by atoms with Crippen LogP contribution in [0.3, 0.4) is 0 Å². The number of hydrogen-bond acceptors (Lipinski definition) is 5. The Balaban J connectivity index is 0.000000488. The number of nitrogen functional groups attached to an aromatic ring is 1. The van der Waals surface area contributed by atoms with Gasteiger partial charge in [-0.15, -0.1) is 0 Å². The molecule has 1 atom stereocenters. The molecule has 2 heterocycles. The molecule has 2 aromatic heterocycles. The summed E-state index contributed by atoms with van der Waals surface area (Å²) >= 11 is 0. The van der Waals surface area contributed by atoms with Crippen molar-refractivity contribution in [3.8, 4) is 0 Å². The number of halogens is 3. The lowest BCUT2D eigenvalue weighted by Gasteiger charge is -2.14. The van der Waals surface area contributed by atoms with Gasteiger partial charge in [-0.1, -0.05) is 49.4 Å². The third-order valence-corrected chi connectivity index (χ3v) is 4.45. The molecule has 8 heteroatoms. The van der Waals surface area contributed by atoms with Crippen LogP contribution in [0.4, 0.5) is 24.7 Å². The fourth-order valence-electron chi connectivity index (χ4n) is 2.69. The van der Waals surface area contributed by atoms with Crippen LogP contribution in [-0.2, 0) is 6.18 Å². The second-order valence-corrected chi connectivity index (χ2v) is 6.95. The first-order chi connectivity index (χ1) is 14.9. The molecular weight excluding hydrogens is 403 g/mol. The van der Waals surface area contributed by atoms with E-state index in [4.69, 9.17) is 5.73 Å². The van der Waals surface area contributed by atoms with Crippen molar-refractivity contribution in [1.29, 1.82) is 0 Å². The maximum Gasteiger partial charge on any atom is 0.433 e. The van der Waals surface area contributed by atoms with E-state index >= 15 is 0 Å². The first kappa shape index (κ1) is 24.1. The molecule has 1 unspecified atom stereocenters. The second-order valence-electron chi connectivity index (χ2n) is 6.95. The van der Waals surface area contributed by atoms with Crippen LogP contribution in [0.15, 0.2) is 73.1 Å². The summed E-state index contributed by atoms with van der Waals surface area (Å²) in [6.07, 6.45) is -0.585. The molecule has 0 radical (unpaired) electrons. The van der Waals surface area contributed by atoms with Gasteiger partial charge in [0.25, 0.3) is 0 Å². The van der Waals surface area contributed by atoms with E-state index in [1.165, 1.54) is 12.3 Å². The van der Waals surface area contributed by atoms with Crippen LogP contribution in [0.5, 0.6) is 0 Å². The first-order valence-corrected chi connectivity index (χ1v) is 10.1. The van der Waals surface area contributed by atoms with Crippen molar-refractivity contribution in [3.05, 3.63) is 84.3 Å². The predicted octanol–water partition coefficient (Wildman–Crippen LogP) is 4.96. The molecule has 0 aliphatic carbocycles. The fourth-order valence-corrected chi connectivity index (χ4v) is 2.69. The predicted molar refractivity (Wildman–Crippen MR) is 119 cm³/mol. The van der Waals surface area contributed by atoms with Crippen molar-refractivity contribution in [2.75, 3.05) is 30.7 Å². The van der Waals surface area contributed by atoms with Gasteiger partial charge in [-0.3, -0.25) is 4.98 Å². The monoisotopic (exact) mass is 431 g/mol. The van der Waals surface area contributed by atoms with Crippen molar-refractivity contribution in [3.63, 3.8) is 0 Å². The van der Waals surface area contributed by atoms with E-state index in [2.05, 4.69) is 20.6 Å². The molecule has 0 saturated heterocycles. The van der Waals surface area contributed by atoms with Crippen LogP contribution in [0.2, 0.25) is 0 Å². The van der Waals surface area contributed by atoms with Gasteiger partial charge in [-0.25, -0.2) is 4.98 Å². The van der Waals surface area contributed by atoms with E-state index in [9.17, 15) is 13.2 Å². The highest BCUT2D eigenvalue weighted by molar-refractivity contribution is 5.60. The Morgan fingerprint density at radius 3 is 2.16 bits per heavy atom. The summed E-state index contributed by atoms with van der Waals surface area (Å²) < 4.78 is 37.5. The molecule has 0 amide bonds. The SMILES string of the molecule is CC(CNCCCNc1cccnc1N)c1ccc(C(F)(F)F)nc1.c1ccccc1. The van der Waals surface area contributed by atoms with Gasteiger partial charge >= 0.3 is 6.18 Å². The lowest BCUT2D eigenvalue weighted by atomic mass is 10.0. The number of hydrogen-bond donors (Lipinski definition) is 3. The van der Waals surface area contributed by atoms with Crippen LogP contribution in [0.1, 0.15) is 30.5 Å². The third kappa shape index (κ3) is 9.04. The number of alkyl halides is 3. The van der Waals surface area contributed by atoms with Gasteiger partial charge in [-0.05, 0) is 42.6 Å². The van der Waals surface area contributed by atoms with Gasteiger partial charge in [0.15, 0.2) is 0 Å². The van der Waals surface area contributed by atoms with Crippen molar-refractivity contribution in [2.45, 2.75) is 25.4 Å². The molecule has 0 bridgehead atoms. The van der Waals surface area contributed by atoms with E-state index in [0.717, 1.165) is 36.8 Å². The standard InChI is InChI=1S/C17H22F3N5.C6H6/c1-12(13-5-6-15(25-11-13)17(18,19)20)10-22-7-3-9-23-14-4-2-8-24-16(14)21;1-2-4-6-5-3-1/h2,4-6,8,11-12,22-23H,3,7,9-10H2,1H3,(H2,21,24);1-6H. The van der Waals surface area contributed by atoms with E-state index < -0.39 is 11.9 Å². The largest absolute Gasteiger partial charge is 0.433 e. The Morgan fingerprint density at radius 2 is 1.61 bits per heavy atom. The molecule has 0 aliphatic rings. The maximum absolute atomic E-state index is 12.5. The zero-order valence-corrected chi connectivity index (χ0v) is 17.4. The summed E-state index contributed by atoms with van der Waals surface area (Å²) in [5.41, 5.74) is 6.46. The number of nitrogens with zero attached hydrogens (tertiary/aromatic N) is 2. The number of benzene rings is 1. The van der Waals surface area contributed by atoms with Crippen LogP contribution in [0, 0.1) is 0 Å². The van der Waals surface area contributed by atoms with Crippen LogP contribution < -0.4 is 16.4 Å². The van der Waals surface area contributed by atoms with E-state index in [1.807, 2.05) is 55.5 Å². The van der Waals surface area contributed by atoms with Gasteiger partial charge in [0, 0.05) is 25.5 Å². The highest BCUT2D eigenvalue weighted by atomic mass is 19.4. The first-order valence-electron chi connectivity index (χ1n) is 10.1. The normalized spacial score (nSPS) is 11.9. The van der Waals surface area contributed by atoms with E-state index in [-0.39, 0.29) is 5.92 Å². The number of anilines is 2. The van der Waals surface area contributed by atoms with Gasteiger partial charge < -0.3 is 16.4 Å². The molecule has 1 aromatic carbocycles. The maximum atomic E-state index is 12.5. The molecule has 0 aliphatic heterocycles. The van der Waals surface area contributed by atoms with Gasteiger partial charge in [0.2, 0.25) is 0 Å². The Labute approximate surface area is 180 Å². The van der Waals surface area contributed by atoms with Crippen LogP contribution in [-0.4, -0.2) is 29.6 Å². The smallest absolute Gasteiger partial charge is 0.382 e. The Bertz CT molecular complexity index is 844. The summed E-state index contributed by atoms with van der Waals surface area (Å²) in [5, 5.41) is 6.50. The molecule has 31 heavy (non-hydrogen) atoms. The molecule has 0 spiro atoms. The van der Waals surface area contributed by atoms with Crippen molar-refractivity contribution >= 4 is 11.5 Å². The molecule has 0 fully saturated rings. The molecule has 3 aromatic rings.